The molecular formula is C22H16Cl2FNO2S. The Morgan fingerprint density at radius 1 is 1.07 bits per heavy atom. The Morgan fingerprint density at radius 2 is 1.86 bits per heavy atom. The zero-order chi connectivity index (χ0) is 20.5. The first kappa shape index (κ1) is 20.0. The zero-order valence-corrected chi connectivity index (χ0v) is 17.6. The lowest BCUT2D eigenvalue weighted by atomic mass is 10.1. The second kappa shape index (κ2) is 8.19. The van der Waals surface area contributed by atoms with Gasteiger partial charge in [-0.2, -0.15) is 0 Å². The number of ether oxygens (including phenoxy) is 1. The number of aromatic hydroxyl groups is 1. The first-order valence-electron chi connectivity index (χ1n) is 8.72. The third kappa shape index (κ3) is 4.04. The van der Waals surface area contributed by atoms with Crippen LogP contribution in [0.4, 0.5) is 10.1 Å². The number of halogens is 3. The first-order valence-corrected chi connectivity index (χ1v) is 10.4. The van der Waals surface area contributed by atoms with Gasteiger partial charge in [0, 0.05) is 16.2 Å². The van der Waals surface area contributed by atoms with Crippen molar-refractivity contribution in [3.63, 3.8) is 0 Å². The van der Waals surface area contributed by atoms with Gasteiger partial charge in [0.05, 0.1) is 28.1 Å². The Hall–Kier alpha value is -2.34. The highest BCUT2D eigenvalue weighted by Gasteiger charge is 2.22. The van der Waals surface area contributed by atoms with Crippen molar-refractivity contribution in [3.05, 3.63) is 87.7 Å². The molecule has 1 aliphatic heterocycles. The van der Waals surface area contributed by atoms with Crippen LogP contribution in [-0.4, -0.2) is 12.2 Å². The van der Waals surface area contributed by atoms with E-state index in [1.807, 2.05) is 36.4 Å². The molecule has 148 valence electrons. The highest BCUT2D eigenvalue weighted by molar-refractivity contribution is 7.99. The van der Waals surface area contributed by atoms with E-state index in [1.54, 1.807) is 23.9 Å². The molecule has 0 saturated heterocycles. The molecule has 2 N–H and O–H groups in total. The largest absolute Gasteiger partial charge is 0.504 e. The molecule has 3 aromatic rings. The van der Waals surface area contributed by atoms with E-state index in [1.165, 1.54) is 19.2 Å². The summed E-state index contributed by atoms with van der Waals surface area (Å²) in [6.45, 7) is 0. The van der Waals surface area contributed by atoms with Gasteiger partial charge in [0.1, 0.15) is 5.82 Å². The van der Waals surface area contributed by atoms with Crippen molar-refractivity contribution in [1.82, 2.24) is 0 Å². The predicted molar refractivity (Wildman–Crippen MR) is 118 cm³/mol. The number of hydrogen-bond donors (Lipinski definition) is 2. The van der Waals surface area contributed by atoms with Crippen LogP contribution < -0.4 is 10.1 Å². The lowest BCUT2D eigenvalue weighted by molar-refractivity contribution is 0.373. The molecule has 3 aromatic carbocycles. The quantitative estimate of drug-likeness (QED) is 0.418. The number of rotatable bonds is 3. The van der Waals surface area contributed by atoms with Crippen LogP contribution in [0.5, 0.6) is 11.5 Å². The SMILES string of the molecule is COc1ccc(C2C=C(c3cc(F)c(Cl)cc3Cl)Nc3ccccc3S2)cc1O. The summed E-state index contributed by atoms with van der Waals surface area (Å²) in [5.74, 6) is -0.0860. The van der Waals surface area contributed by atoms with Gasteiger partial charge in [-0.25, -0.2) is 4.39 Å². The van der Waals surface area contributed by atoms with Gasteiger partial charge in [0.15, 0.2) is 11.5 Å². The van der Waals surface area contributed by atoms with Gasteiger partial charge >= 0.3 is 0 Å². The fourth-order valence-corrected chi connectivity index (χ4v) is 4.76. The highest BCUT2D eigenvalue weighted by Crippen LogP contribution is 2.46. The molecular weight excluding hydrogens is 432 g/mol. The number of thioether (sulfide) groups is 1. The maximum Gasteiger partial charge on any atom is 0.160 e. The molecule has 1 heterocycles. The van der Waals surface area contributed by atoms with E-state index in [0.29, 0.717) is 22.0 Å². The Balaban J connectivity index is 1.85. The summed E-state index contributed by atoms with van der Waals surface area (Å²) in [5, 5.41) is 13.7. The Bertz CT molecular complexity index is 1120. The third-order valence-corrected chi connectivity index (χ3v) is 6.43. The smallest absolute Gasteiger partial charge is 0.160 e. The van der Waals surface area contributed by atoms with Crippen molar-refractivity contribution >= 4 is 46.3 Å². The number of benzene rings is 3. The minimum absolute atomic E-state index is 0.0284. The summed E-state index contributed by atoms with van der Waals surface area (Å²) in [6.07, 6.45) is 1.96. The molecule has 0 amide bonds. The zero-order valence-electron chi connectivity index (χ0n) is 15.2. The molecule has 0 aromatic heterocycles. The second-order valence-corrected chi connectivity index (χ2v) is 8.42. The third-order valence-electron chi connectivity index (χ3n) is 4.56. The van der Waals surface area contributed by atoms with Gasteiger partial charge in [0.2, 0.25) is 0 Å². The van der Waals surface area contributed by atoms with E-state index in [4.69, 9.17) is 27.9 Å². The van der Waals surface area contributed by atoms with Crippen molar-refractivity contribution in [2.45, 2.75) is 10.1 Å². The average molecular weight is 448 g/mol. The van der Waals surface area contributed by atoms with Crippen LogP contribution >= 0.6 is 35.0 Å². The number of nitrogens with one attached hydrogen (secondary N) is 1. The van der Waals surface area contributed by atoms with Crippen molar-refractivity contribution in [2.24, 2.45) is 0 Å². The Labute approximate surface area is 182 Å². The standard InChI is InChI=1S/C22H16Cl2FNO2S/c1-28-20-7-6-12(8-19(20)27)22-11-18(13-9-16(25)15(24)10-14(13)23)26-17-4-2-3-5-21(17)29-22/h2-11,22,26-27H,1H3. The summed E-state index contributed by atoms with van der Waals surface area (Å²) in [5.41, 5.74) is 2.92. The van der Waals surface area contributed by atoms with Gasteiger partial charge < -0.3 is 15.2 Å². The summed E-state index contributed by atoms with van der Waals surface area (Å²) in [4.78, 5) is 1.02. The topological polar surface area (TPSA) is 41.5 Å². The molecule has 1 unspecified atom stereocenters. The molecule has 0 saturated carbocycles. The highest BCUT2D eigenvalue weighted by atomic mass is 35.5. The van der Waals surface area contributed by atoms with E-state index in [2.05, 4.69) is 5.32 Å². The summed E-state index contributed by atoms with van der Waals surface area (Å²) < 4.78 is 19.3. The van der Waals surface area contributed by atoms with E-state index in [-0.39, 0.29) is 16.0 Å². The Kier molecular flexibility index (Phi) is 5.63. The minimum atomic E-state index is -0.544. The van der Waals surface area contributed by atoms with Crippen LogP contribution in [0.3, 0.4) is 0 Å². The van der Waals surface area contributed by atoms with Crippen molar-refractivity contribution in [3.8, 4) is 11.5 Å². The van der Waals surface area contributed by atoms with Gasteiger partial charge in [-0.1, -0.05) is 41.4 Å². The fourth-order valence-electron chi connectivity index (χ4n) is 3.12. The molecule has 4 rings (SSSR count). The number of methoxy groups -OCH3 is 1. The summed E-state index contributed by atoms with van der Waals surface area (Å²) in [6, 6.07) is 15.8. The lowest BCUT2D eigenvalue weighted by Crippen LogP contribution is -2.01. The molecule has 0 fully saturated rings. The number of fused-ring (bicyclic) bond motifs is 1. The molecule has 1 aliphatic rings. The second-order valence-electron chi connectivity index (χ2n) is 6.42. The van der Waals surface area contributed by atoms with Crippen LogP contribution in [0.25, 0.3) is 5.70 Å². The molecule has 7 heteroatoms. The van der Waals surface area contributed by atoms with Gasteiger partial charge in [-0.15, -0.1) is 11.8 Å². The average Bonchev–Trinajstić information content (AvgIpc) is 2.90. The first-order chi connectivity index (χ1) is 14.0. The monoisotopic (exact) mass is 447 g/mol. The van der Waals surface area contributed by atoms with Gasteiger partial charge in [-0.3, -0.25) is 0 Å². The van der Waals surface area contributed by atoms with Crippen LogP contribution in [0, 0.1) is 5.82 Å². The maximum absolute atomic E-state index is 14.2. The number of anilines is 1. The molecule has 0 radical (unpaired) electrons. The Morgan fingerprint density at radius 3 is 2.62 bits per heavy atom. The summed E-state index contributed by atoms with van der Waals surface area (Å²) >= 11 is 13.9. The number of hydrogen-bond acceptors (Lipinski definition) is 4. The normalized spacial score (nSPS) is 15.7. The number of phenolic OH excluding ortho intramolecular Hbond substituents is 1. The van der Waals surface area contributed by atoms with E-state index in [0.717, 1.165) is 16.1 Å². The van der Waals surface area contributed by atoms with E-state index >= 15 is 0 Å². The van der Waals surface area contributed by atoms with Gasteiger partial charge in [-0.05, 0) is 48.0 Å². The van der Waals surface area contributed by atoms with Crippen molar-refractivity contribution in [1.29, 1.82) is 0 Å². The van der Waals surface area contributed by atoms with Crippen LogP contribution in [0.1, 0.15) is 16.4 Å². The molecule has 0 bridgehead atoms. The predicted octanol–water partition coefficient (Wildman–Crippen LogP) is 7.15. The molecule has 0 spiro atoms. The maximum atomic E-state index is 14.2. The number of phenols is 1. The van der Waals surface area contributed by atoms with Crippen LogP contribution in [0.15, 0.2) is 65.6 Å². The van der Waals surface area contributed by atoms with Crippen LogP contribution in [0.2, 0.25) is 10.0 Å². The number of para-hydroxylation sites is 1. The van der Waals surface area contributed by atoms with E-state index < -0.39 is 5.82 Å². The summed E-state index contributed by atoms with van der Waals surface area (Å²) in [7, 11) is 1.50. The molecule has 1 atom stereocenters. The molecule has 3 nitrogen and oxygen atoms in total. The molecule has 29 heavy (non-hydrogen) atoms. The minimum Gasteiger partial charge on any atom is -0.504 e. The van der Waals surface area contributed by atoms with Gasteiger partial charge in [0.25, 0.3) is 0 Å². The lowest BCUT2D eigenvalue weighted by Gasteiger charge is -2.15. The van der Waals surface area contributed by atoms with E-state index in [9.17, 15) is 9.50 Å². The fraction of sp³-hybridized carbons (Fsp3) is 0.0909. The van der Waals surface area contributed by atoms with Crippen molar-refractivity contribution < 1.29 is 14.2 Å². The van der Waals surface area contributed by atoms with Crippen LogP contribution in [-0.2, 0) is 0 Å². The van der Waals surface area contributed by atoms with Crippen molar-refractivity contribution in [2.75, 3.05) is 12.4 Å². The molecule has 0 aliphatic carbocycles.